The molecule has 1 heterocycles. The summed E-state index contributed by atoms with van der Waals surface area (Å²) in [6.07, 6.45) is 1.08. The van der Waals surface area contributed by atoms with E-state index < -0.39 is 0 Å². The van der Waals surface area contributed by atoms with Crippen molar-refractivity contribution in [1.82, 2.24) is 0 Å². The first-order valence-electron chi connectivity index (χ1n) is 4.18. The minimum absolute atomic E-state index is 0.909. The van der Waals surface area contributed by atoms with Gasteiger partial charge in [-0.15, -0.1) is 11.3 Å². The molecule has 0 aliphatic heterocycles. The van der Waals surface area contributed by atoms with E-state index in [1.165, 1.54) is 19.2 Å². The molecule has 0 spiro atoms. The number of nitrogen functional groups attached to an aromatic ring is 1. The molecule has 2 N–H and O–H groups in total. The predicted molar refractivity (Wildman–Crippen MR) is 68.3 cm³/mol. The molecule has 0 radical (unpaired) electrons. The Labute approximate surface area is 95.1 Å². The van der Waals surface area contributed by atoms with Gasteiger partial charge in [-0.25, -0.2) is 0 Å². The molecule has 0 amide bonds. The third kappa shape index (κ3) is 1.44. The molecule has 2 aromatic rings. The average molecular weight is 303 g/mol. The third-order valence-electron chi connectivity index (χ3n) is 2.18. The quantitative estimate of drug-likeness (QED) is 0.631. The highest BCUT2D eigenvalue weighted by molar-refractivity contribution is 14.1. The number of hydrogen-bond donors (Lipinski definition) is 1. The molecule has 0 saturated carbocycles. The summed E-state index contributed by atoms with van der Waals surface area (Å²) in [5, 5.41) is 3.44. The van der Waals surface area contributed by atoms with Crippen LogP contribution in [-0.2, 0) is 6.42 Å². The molecule has 3 heteroatoms. The van der Waals surface area contributed by atoms with Crippen LogP contribution in [0.15, 0.2) is 17.5 Å². The van der Waals surface area contributed by atoms with Gasteiger partial charge in [0.2, 0.25) is 0 Å². The normalized spacial score (nSPS) is 10.9. The van der Waals surface area contributed by atoms with Gasteiger partial charge < -0.3 is 5.73 Å². The Morgan fingerprint density at radius 2 is 2.31 bits per heavy atom. The summed E-state index contributed by atoms with van der Waals surface area (Å²) in [5.74, 6) is 0. The van der Waals surface area contributed by atoms with Gasteiger partial charge in [0.05, 0.1) is 10.4 Å². The first-order chi connectivity index (χ1) is 6.24. The molecule has 0 unspecified atom stereocenters. The molecule has 0 aliphatic rings. The second kappa shape index (κ2) is 3.46. The minimum atomic E-state index is 0.909. The first kappa shape index (κ1) is 9.27. The van der Waals surface area contributed by atoms with Crippen molar-refractivity contribution < 1.29 is 0 Å². The summed E-state index contributed by atoms with van der Waals surface area (Å²) in [4.78, 5) is 0. The predicted octanol–water partition coefficient (Wildman–Crippen LogP) is 3.65. The summed E-state index contributed by atoms with van der Waals surface area (Å²) in [6, 6.07) is 4.23. The van der Waals surface area contributed by atoms with E-state index in [4.69, 9.17) is 5.73 Å². The highest BCUT2D eigenvalue weighted by Crippen LogP contribution is 2.33. The molecule has 0 bridgehead atoms. The van der Waals surface area contributed by atoms with E-state index in [9.17, 15) is 0 Å². The molecular weight excluding hydrogens is 293 g/mol. The summed E-state index contributed by atoms with van der Waals surface area (Å²) in [7, 11) is 0. The maximum absolute atomic E-state index is 5.93. The lowest BCUT2D eigenvalue weighted by Crippen LogP contribution is -1.92. The molecule has 0 saturated heterocycles. The number of rotatable bonds is 1. The van der Waals surface area contributed by atoms with Crippen molar-refractivity contribution in [3.63, 3.8) is 0 Å². The number of halogens is 1. The zero-order valence-electron chi connectivity index (χ0n) is 7.30. The van der Waals surface area contributed by atoms with Gasteiger partial charge >= 0.3 is 0 Å². The van der Waals surface area contributed by atoms with Crippen molar-refractivity contribution in [2.75, 3.05) is 5.73 Å². The molecule has 13 heavy (non-hydrogen) atoms. The Morgan fingerprint density at radius 3 is 3.00 bits per heavy atom. The van der Waals surface area contributed by atoms with Crippen LogP contribution in [0.4, 0.5) is 5.69 Å². The van der Waals surface area contributed by atoms with Crippen LogP contribution in [0, 0.1) is 3.57 Å². The minimum Gasteiger partial charge on any atom is -0.398 e. The Balaban J connectivity index is 2.88. The molecule has 0 atom stereocenters. The van der Waals surface area contributed by atoms with Gasteiger partial charge in [-0.05, 0) is 57.5 Å². The lowest BCUT2D eigenvalue weighted by atomic mass is 10.1. The van der Waals surface area contributed by atoms with Crippen molar-refractivity contribution >= 4 is 49.7 Å². The maximum atomic E-state index is 5.93. The molecule has 68 valence electrons. The number of hydrogen-bond acceptors (Lipinski definition) is 2. The first-order valence-corrected chi connectivity index (χ1v) is 6.14. The van der Waals surface area contributed by atoms with E-state index in [-0.39, 0.29) is 0 Å². The highest BCUT2D eigenvalue weighted by Gasteiger charge is 2.07. The molecule has 1 aromatic heterocycles. The molecule has 0 fully saturated rings. The molecule has 1 nitrogen and oxygen atoms in total. The second-order valence-corrected chi connectivity index (χ2v) is 5.02. The smallest absolute Gasteiger partial charge is 0.0575 e. The Bertz CT molecular complexity index is 447. The van der Waals surface area contributed by atoms with Crippen LogP contribution in [-0.4, -0.2) is 0 Å². The summed E-state index contributed by atoms with van der Waals surface area (Å²) in [6.45, 7) is 2.19. The topological polar surface area (TPSA) is 26.0 Å². The van der Waals surface area contributed by atoms with Gasteiger partial charge in [0.1, 0.15) is 0 Å². The Hall–Kier alpha value is -0.290. The molecule has 1 aromatic carbocycles. The SMILES string of the molecule is CCc1c(I)cc(N)c2sccc12. The van der Waals surface area contributed by atoms with Crippen molar-refractivity contribution in [3.8, 4) is 0 Å². The molecule has 2 rings (SSSR count). The third-order valence-corrected chi connectivity index (χ3v) is 4.10. The van der Waals surface area contributed by atoms with Crippen LogP contribution < -0.4 is 5.73 Å². The standard InChI is InChI=1S/C10H10INS/c1-2-6-7-3-4-13-10(7)9(12)5-8(6)11/h3-5H,2,12H2,1H3. The summed E-state index contributed by atoms with van der Waals surface area (Å²) >= 11 is 4.08. The fraction of sp³-hybridized carbons (Fsp3) is 0.200. The van der Waals surface area contributed by atoms with Crippen LogP contribution >= 0.6 is 33.9 Å². The lowest BCUT2D eigenvalue weighted by Gasteiger charge is -2.05. The van der Waals surface area contributed by atoms with E-state index >= 15 is 0 Å². The van der Waals surface area contributed by atoms with Crippen LogP contribution in [0.1, 0.15) is 12.5 Å². The molecular formula is C10H10INS. The Morgan fingerprint density at radius 1 is 1.54 bits per heavy atom. The van der Waals surface area contributed by atoms with Gasteiger partial charge in [-0.2, -0.15) is 0 Å². The van der Waals surface area contributed by atoms with Gasteiger partial charge in [0.25, 0.3) is 0 Å². The van der Waals surface area contributed by atoms with E-state index in [2.05, 4.69) is 47.0 Å². The lowest BCUT2D eigenvalue weighted by molar-refractivity contribution is 1.15. The Kier molecular flexibility index (Phi) is 2.47. The number of benzene rings is 1. The van der Waals surface area contributed by atoms with Gasteiger partial charge in [0.15, 0.2) is 0 Å². The zero-order chi connectivity index (χ0) is 9.42. The van der Waals surface area contributed by atoms with Gasteiger partial charge in [-0.3, -0.25) is 0 Å². The van der Waals surface area contributed by atoms with E-state index in [1.54, 1.807) is 11.3 Å². The number of anilines is 1. The summed E-state index contributed by atoms with van der Waals surface area (Å²) in [5.41, 5.74) is 8.26. The monoisotopic (exact) mass is 303 g/mol. The van der Waals surface area contributed by atoms with E-state index in [1.807, 2.05) is 0 Å². The second-order valence-electron chi connectivity index (χ2n) is 2.94. The molecule has 0 aliphatic carbocycles. The number of fused-ring (bicyclic) bond motifs is 1. The van der Waals surface area contributed by atoms with Crippen LogP contribution in [0.5, 0.6) is 0 Å². The summed E-state index contributed by atoms with van der Waals surface area (Å²) < 4.78 is 2.51. The van der Waals surface area contributed by atoms with Crippen LogP contribution in [0.3, 0.4) is 0 Å². The van der Waals surface area contributed by atoms with Crippen molar-refractivity contribution in [1.29, 1.82) is 0 Å². The largest absolute Gasteiger partial charge is 0.398 e. The fourth-order valence-corrected chi connectivity index (χ4v) is 3.41. The van der Waals surface area contributed by atoms with Crippen molar-refractivity contribution in [2.45, 2.75) is 13.3 Å². The zero-order valence-corrected chi connectivity index (χ0v) is 10.3. The van der Waals surface area contributed by atoms with Gasteiger partial charge in [-0.1, -0.05) is 6.92 Å². The number of aryl methyl sites for hydroxylation is 1. The van der Waals surface area contributed by atoms with Crippen molar-refractivity contribution in [3.05, 3.63) is 26.6 Å². The van der Waals surface area contributed by atoms with Crippen LogP contribution in [0.2, 0.25) is 0 Å². The fourth-order valence-electron chi connectivity index (χ4n) is 1.55. The van der Waals surface area contributed by atoms with Crippen molar-refractivity contribution in [2.24, 2.45) is 0 Å². The van der Waals surface area contributed by atoms with Crippen LogP contribution in [0.25, 0.3) is 10.1 Å². The number of thiophene rings is 1. The van der Waals surface area contributed by atoms with Gasteiger partial charge in [0, 0.05) is 3.57 Å². The van der Waals surface area contributed by atoms with E-state index in [0.29, 0.717) is 0 Å². The highest BCUT2D eigenvalue weighted by atomic mass is 127. The number of nitrogens with two attached hydrogens (primary N) is 1. The average Bonchev–Trinajstić information content (AvgIpc) is 2.53. The maximum Gasteiger partial charge on any atom is 0.0575 e. The van der Waals surface area contributed by atoms with E-state index in [0.717, 1.165) is 12.1 Å².